The Balaban J connectivity index is 1.60. The van der Waals surface area contributed by atoms with Gasteiger partial charge in [0.2, 0.25) is 0 Å². The van der Waals surface area contributed by atoms with Crippen molar-refractivity contribution in [2.24, 2.45) is 4.99 Å². The largest absolute Gasteiger partial charge is 0.464 e. The molecule has 3 heteroatoms. The molecular weight excluding hydrogens is 361 g/mol. The van der Waals surface area contributed by atoms with Gasteiger partial charge in [-0.15, -0.1) is 0 Å². The van der Waals surface area contributed by atoms with Crippen molar-refractivity contribution in [1.82, 2.24) is 0 Å². The lowest BCUT2D eigenvalue weighted by Gasteiger charge is -2.19. The van der Waals surface area contributed by atoms with Crippen LogP contribution in [-0.2, 0) is 0 Å². The first-order valence-corrected chi connectivity index (χ1v) is 10.4. The summed E-state index contributed by atoms with van der Waals surface area (Å²) >= 11 is 0. The second-order valence-electron chi connectivity index (χ2n) is 6.22. The molecule has 0 aliphatic heterocycles. The summed E-state index contributed by atoms with van der Waals surface area (Å²) in [7, 11) is -0.937. The van der Waals surface area contributed by atoms with E-state index in [9.17, 15) is 0 Å². The van der Waals surface area contributed by atoms with Gasteiger partial charge in [-0.3, -0.25) is 4.99 Å². The van der Waals surface area contributed by atoms with E-state index in [1.54, 1.807) is 0 Å². The summed E-state index contributed by atoms with van der Waals surface area (Å²) in [6, 6.07) is 38.8. The molecule has 0 amide bonds. The van der Waals surface area contributed by atoms with Crippen LogP contribution < -0.4 is 15.1 Å². The molecule has 0 saturated carbocycles. The summed E-state index contributed by atoms with van der Waals surface area (Å²) in [5, 5.41) is 2.37. The van der Waals surface area contributed by atoms with Crippen LogP contribution in [0.3, 0.4) is 0 Å². The van der Waals surface area contributed by atoms with E-state index in [0.717, 1.165) is 17.0 Å². The molecular formula is C25H20NOP. The van der Waals surface area contributed by atoms with Gasteiger partial charge in [0.25, 0.3) is 0 Å². The van der Waals surface area contributed by atoms with Crippen LogP contribution in [0.5, 0.6) is 5.75 Å². The zero-order valence-corrected chi connectivity index (χ0v) is 16.2. The molecule has 0 unspecified atom stereocenters. The molecule has 0 spiro atoms. The highest BCUT2D eigenvalue weighted by atomic mass is 31.1. The average molecular weight is 381 g/mol. The van der Waals surface area contributed by atoms with Gasteiger partial charge >= 0.3 is 0 Å². The smallest absolute Gasteiger partial charge is 0.150 e. The molecule has 0 aliphatic rings. The molecule has 4 aromatic rings. The van der Waals surface area contributed by atoms with Crippen molar-refractivity contribution in [2.45, 2.75) is 0 Å². The fraction of sp³-hybridized carbons (Fsp3) is 0. The third-order valence-electron chi connectivity index (χ3n) is 4.16. The maximum absolute atomic E-state index is 6.48. The normalized spacial score (nSPS) is 11.0. The second-order valence-corrected chi connectivity index (χ2v) is 8.03. The van der Waals surface area contributed by atoms with Crippen molar-refractivity contribution in [2.75, 3.05) is 0 Å². The summed E-state index contributed by atoms with van der Waals surface area (Å²) in [6.07, 6.45) is 1.87. The highest BCUT2D eigenvalue weighted by Crippen LogP contribution is 2.36. The molecule has 0 atom stereocenters. The molecule has 2 nitrogen and oxygen atoms in total. The van der Waals surface area contributed by atoms with Crippen molar-refractivity contribution in [1.29, 1.82) is 0 Å². The van der Waals surface area contributed by atoms with Crippen LogP contribution in [0.1, 0.15) is 5.56 Å². The maximum Gasteiger partial charge on any atom is 0.150 e. The first-order chi connectivity index (χ1) is 13.9. The molecule has 0 aromatic heterocycles. The van der Waals surface area contributed by atoms with Gasteiger partial charge in [-0.05, 0) is 29.8 Å². The van der Waals surface area contributed by atoms with Crippen LogP contribution in [0.2, 0.25) is 0 Å². The van der Waals surface area contributed by atoms with Gasteiger partial charge in [-0.25, -0.2) is 0 Å². The number of benzene rings is 4. The van der Waals surface area contributed by atoms with Crippen molar-refractivity contribution in [3.8, 4) is 5.75 Å². The molecule has 0 fully saturated rings. The first-order valence-electron chi connectivity index (χ1n) is 9.16. The fourth-order valence-electron chi connectivity index (χ4n) is 2.80. The third-order valence-corrected chi connectivity index (χ3v) is 6.08. The van der Waals surface area contributed by atoms with Crippen LogP contribution in [0.4, 0.5) is 5.69 Å². The standard InChI is InChI=1S/C25H20NOP/c1-4-12-22(13-5-1)26-20-21-11-10-14-23(19-21)27-28(24-15-6-2-7-16-24)25-17-8-3-9-18-25/h1-20H. The van der Waals surface area contributed by atoms with Crippen molar-refractivity contribution >= 4 is 30.7 Å². The number of hydrogen-bond acceptors (Lipinski definition) is 2. The molecule has 0 N–H and O–H groups in total. The van der Waals surface area contributed by atoms with E-state index < -0.39 is 8.15 Å². The first kappa shape index (κ1) is 18.2. The van der Waals surface area contributed by atoms with E-state index in [-0.39, 0.29) is 0 Å². The second kappa shape index (κ2) is 9.12. The van der Waals surface area contributed by atoms with Crippen molar-refractivity contribution < 1.29 is 4.52 Å². The minimum atomic E-state index is -0.937. The summed E-state index contributed by atoms with van der Waals surface area (Å²) in [6.45, 7) is 0. The van der Waals surface area contributed by atoms with Crippen LogP contribution in [0.15, 0.2) is 120 Å². The van der Waals surface area contributed by atoms with Crippen LogP contribution in [0.25, 0.3) is 0 Å². The molecule has 0 aliphatic carbocycles. The Bertz CT molecular complexity index is 994. The molecule has 0 saturated heterocycles. The van der Waals surface area contributed by atoms with Crippen molar-refractivity contribution in [3.05, 3.63) is 121 Å². The van der Waals surface area contributed by atoms with E-state index >= 15 is 0 Å². The van der Waals surface area contributed by atoms with E-state index in [1.807, 2.05) is 72.9 Å². The summed E-state index contributed by atoms with van der Waals surface area (Å²) in [5.41, 5.74) is 1.95. The minimum Gasteiger partial charge on any atom is -0.464 e. The highest BCUT2D eigenvalue weighted by molar-refractivity contribution is 7.68. The van der Waals surface area contributed by atoms with E-state index in [0.29, 0.717) is 0 Å². The van der Waals surface area contributed by atoms with E-state index in [1.165, 1.54) is 10.6 Å². The topological polar surface area (TPSA) is 21.6 Å². The molecule has 0 radical (unpaired) electrons. The van der Waals surface area contributed by atoms with Gasteiger partial charge in [0.1, 0.15) is 5.75 Å². The monoisotopic (exact) mass is 381 g/mol. The Kier molecular flexibility index (Phi) is 5.92. The number of hydrogen-bond donors (Lipinski definition) is 0. The SMILES string of the molecule is C(=Nc1ccccc1)c1cccc(OP(c2ccccc2)c2ccccc2)c1. The predicted octanol–water partition coefficient (Wildman–Crippen LogP) is 5.86. The van der Waals surface area contributed by atoms with Gasteiger partial charge < -0.3 is 4.52 Å². The molecule has 4 rings (SSSR count). The Morgan fingerprint density at radius 1 is 0.607 bits per heavy atom. The third kappa shape index (κ3) is 4.73. The van der Waals surface area contributed by atoms with Gasteiger partial charge in [0.15, 0.2) is 8.15 Å². The Hall–Kier alpha value is -3.22. The lowest BCUT2D eigenvalue weighted by atomic mass is 10.2. The Morgan fingerprint density at radius 2 is 1.18 bits per heavy atom. The number of rotatable bonds is 6. The molecule has 4 aromatic carbocycles. The van der Waals surface area contributed by atoms with Crippen molar-refractivity contribution in [3.63, 3.8) is 0 Å². The number of nitrogens with zero attached hydrogens (tertiary/aromatic N) is 1. The number of aliphatic imine (C=N–C) groups is 1. The lowest BCUT2D eigenvalue weighted by molar-refractivity contribution is 0.629. The number of para-hydroxylation sites is 1. The quantitative estimate of drug-likeness (QED) is 0.303. The van der Waals surface area contributed by atoms with Crippen LogP contribution >= 0.6 is 8.15 Å². The fourth-order valence-corrected chi connectivity index (χ4v) is 4.52. The predicted molar refractivity (Wildman–Crippen MR) is 120 cm³/mol. The van der Waals surface area contributed by atoms with Gasteiger partial charge in [-0.1, -0.05) is 91.0 Å². The zero-order chi connectivity index (χ0) is 19.0. The Morgan fingerprint density at radius 3 is 1.79 bits per heavy atom. The van der Waals surface area contributed by atoms with E-state index in [2.05, 4.69) is 53.5 Å². The Labute approximate surface area is 167 Å². The van der Waals surface area contributed by atoms with Gasteiger partial charge in [-0.2, -0.15) is 0 Å². The molecule has 136 valence electrons. The lowest BCUT2D eigenvalue weighted by Crippen LogP contribution is -2.15. The van der Waals surface area contributed by atoms with Crippen LogP contribution in [-0.4, -0.2) is 6.21 Å². The van der Waals surface area contributed by atoms with Gasteiger partial charge in [0.05, 0.1) is 5.69 Å². The van der Waals surface area contributed by atoms with E-state index in [4.69, 9.17) is 4.52 Å². The molecule has 0 heterocycles. The summed E-state index contributed by atoms with van der Waals surface area (Å²) < 4.78 is 6.48. The summed E-state index contributed by atoms with van der Waals surface area (Å²) in [5.74, 6) is 0.843. The zero-order valence-electron chi connectivity index (χ0n) is 15.3. The van der Waals surface area contributed by atoms with Gasteiger partial charge in [0, 0.05) is 16.8 Å². The highest BCUT2D eigenvalue weighted by Gasteiger charge is 2.16. The average Bonchev–Trinajstić information content (AvgIpc) is 2.78. The minimum absolute atomic E-state index is 0.843. The van der Waals surface area contributed by atoms with Crippen LogP contribution in [0, 0.1) is 0 Å². The maximum atomic E-state index is 6.48. The molecule has 0 bridgehead atoms. The molecule has 28 heavy (non-hydrogen) atoms. The summed E-state index contributed by atoms with van der Waals surface area (Å²) in [4.78, 5) is 4.54.